The Balaban J connectivity index is 2.00. The molecule has 0 aromatic carbocycles. The molecule has 1 aromatic rings. The molecule has 1 N–H and O–H groups in total. The Bertz CT molecular complexity index is 287. The number of hydrogen-bond donors (Lipinski definition) is 1. The van der Waals surface area contributed by atoms with E-state index in [-0.39, 0.29) is 0 Å². The van der Waals surface area contributed by atoms with Crippen LogP contribution in [-0.4, -0.2) is 10.7 Å². The second-order valence-electron chi connectivity index (χ2n) is 5.38. The van der Waals surface area contributed by atoms with Gasteiger partial charge in [0.25, 0.3) is 0 Å². The van der Waals surface area contributed by atoms with Crippen LogP contribution in [0.1, 0.15) is 33.6 Å². The zero-order valence-electron chi connectivity index (χ0n) is 9.33. The van der Waals surface area contributed by atoms with E-state index in [2.05, 4.69) is 55.4 Å². The van der Waals surface area contributed by atoms with Crippen molar-refractivity contribution in [2.45, 2.75) is 39.7 Å². The summed E-state index contributed by atoms with van der Waals surface area (Å²) < 4.78 is 2.07. The third kappa shape index (κ3) is 1.94. The molecule has 1 fully saturated rings. The average Bonchev–Trinajstić information content (AvgIpc) is 2.61. The summed E-state index contributed by atoms with van der Waals surface area (Å²) in [6.45, 7) is 7.07. The van der Waals surface area contributed by atoms with Gasteiger partial charge in [-0.15, -0.1) is 0 Å². The Hall–Kier alpha value is -0.920. The van der Waals surface area contributed by atoms with Crippen molar-refractivity contribution in [2.75, 3.05) is 5.43 Å². The maximum Gasteiger partial charge on any atom is 0.0455 e. The molecule has 14 heavy (non-hydrogen) atoms. The Morgan fingerprint density at radius 1 is 1.21 bits per heavy atom. The van der Waals surface area contributed by atoms with Gasteiger partial charge in [0.1, 0.15) is 0 Å². The van der Waals surface area contributed by atoms with Crippen LogP contribution in [-0.2, 0) is 0 Å². The molecule has 78 valence electrons. The first kappa shape index (κ1) is 9.63. The van der Waals surface area contributed by atoms with Gasteiger partial charge in [0.2, 0.25) is 0 Å². The third-order valence-electron chi connectivity index (χ3n) is 3.25. The van der Waals surface area contributed by atoms with E-state index in [9.17, 15) is 0 Å². The van der Waals surface area contributed by atoms with Crippen LogP contribution in [0.4, 0.5) is 0 Å². The molecule has 1 heterocycles. The first-order chi connectivity index (χ1) is 6.57. The van der Waals surface area contributed by atoms with Crippen molar-refractivity contribution >= 4 is 0 Å². The van der Waals surface area contributed by atoms with E-state index in [1.807, 2.05) is 0 Å². The number of nitrogens with one attached hydrogen (secondary N) is 1. The van der Waals surface area contributed by atoms with Crippen molar-refractivity contribution in [3.63, 3.8) is 0 Å². The molecule has 0 amide bonds. The fraction of sp³-hybridized carbons (Fsp3) is 0.667. The van der Waals surface area contributed by atoms with Crippen molar-refractivity contribution in [1.29, 1.82) is 0 Å². The largest absolute Gasteiger partial charge is 0.323 e. The summed E-state index contributed by atoms with van der Waals surface area (Å²) in [7, 11) is 0. The fourth-order valence-electron chi connectivity index (χ4n) is 2.68. The highest BCUT2D eigenvalue weighted by Gasteiger charge is 2.36. The van der Waals surface area contributed by atoms with Crippen LogP contribution < -0.4 is 5.43 Å². The van der Waals surface area contributed by atoms with Gasteiger partial charge in [-0.25, -0.2) is 0 Å². The molecule has 0 spiro atoms. The molecule has 0 radical (unpaired) electrons. The van der Waals surface area contributed by atoms with Crippen LogP contribution in [0, 0.1) is 11.3 Å². The first-order valence-corrected chi connectivity index (χ1v) is 5.46. The monoisotopic (exact) mass is 192 g/mol. The zero-order valence-corrected chi connectivity index (χ0v) is 9.33. The fourth-order valence-corrected chi connectivity index (χ4v) is 2.68. The van der Waals surface area contributed by atoms with Crippen LogP contribution in [0.5, 0.6) is 0 Å². The highest BCUT2D eigenvalue weighted by molar-refractivity contribution is 5.01. The van der Waals surface area contributed by atoms with Gasteiger partial charge in [-0.3, -0.25) is 4.68 Å². The van der Waals surface area contributed by atoms with Crippen LogP contribution in [0.3, 0.4) is 0 Å². The maximum atomic E-state index is 3.54. The molecule has 1 aliphatic rings. The minimum absolute atomic E-state index is 0.504. The summed E-state index contributed by atoms with van der Waals surface area (Å²) in [5.74, 6) is 0.771. The Morgan fingerprint density at radius 2 is 1.86 bits per heavy atom. The van der Waals surface area contributed by atoms with Crippen molar-refractivity contribution in [3.8, 4) is 0 Å². The zero-order chi connectivity index (χ0) is 10.2. The minimum atomic E-state index is 0.504. The van der Waals surface area contributed by atoms with E-state index in [0.29, 0.717) is 11.5 Å². The van der Waals surface area contributed by atoms with Gasteiger partial charge in [-0.2, -0.15) is 0 Å². The topological polar surface area (TPSA) is 17.0 Å². The van der Waals surface area contributed by atoms with E-state index in [4.69, 9.17) is 0 Å². The molecule has 0 saturated heterocycles. The highest BCUT2D eigenvalue weighted by atomic mass is 15.4. The molecule has 2 heteroatoms. The molecule has 0 bridgehead atoms. The van der Waals surface area contributed by atoms with Gasteiger partial charge in [0, 0.05) is 18.4 Å². The van der Waals surface area contributed by atoms with E-state index < -0.39 is 0 Å². The summed E-state index contributed by atoms with van der Waals surface area (Å²) in [6.07, 6.45) is 6.73. The van der Waals surface area contributed by atoms with Gasteiger partial charge in [0.05, 0.1) is 0 Å². The molecule has 2 rings (SSSR count). The maximum absolute atomic E-state index is 3.54. The Kier molecular flexibility index (Phi) is 2.30. The van der Waals surface area contributed by atoms with Crippen LogP contribution in [0.2, 0.25) is 0 Å². The predicted octanol–water partition coefficient (Wildman–Crippen LogP) is 2.86. The normalized spacial score (nSPS) is 30.5. The van der Waals surface area contributed by atoms with Crippen molar-refractivity contribution in [1.82, 2.24) is 4.68 Å². The number of hydrogen-bond acceptors (Lipinski definition) is 1. The lowest BCUT2D eigenvalue weighted by Gasteiger charge is -2.20. The van der Waals surface area contributed by atoms with Crippen molar-refractivity contribution in [3.05, 3.63) is 24.5 Å². The molecule has 1 saturated carbocycles. The molecule has 1 aromatic heterocycles. The van der Waals surface area contributed by atoms with Crippen LogP contribution in [0.25, 0.3) is 0 Å². The molecular formula is C12H20N2. The smallest absolute Gasteiger partial charge is 0.0455 e. The lowest BCUT2D eigenvalue weighted by Crippen LogP contribution is -2.29. The van der Waals surface area contributed by atoms with E-state index in [0.717, 1.165) is 5.92 Å². The Morgan fingerprint density at radius 3 is 2.36 bits per heavy atom. The highest BCUT2D eigenvalue weighted by Crippen LogP contribution is 2.41. The number of aromatic nitrogens is 1. The van der Waals surface area contributed by atoms with Crippen molar-refractivity contribution < 1.29 is 0 Å². The third-order valence-corrected chi connectivity index (χ3v) is 3.25. The standard InChI is InChI=1S/C12H20N2/c1-10-8-12(2,3)9-11(10)13-14-6-4-5-7-14/h4-7,10-11,13H,8-9H2,1-3H3. The average molecular weight is 192 g/mol. The van der Waals surface area contributed by atoms with Gasteiger partial charge in [-0.1, -0.05) is 20.8 Å². The number of rotatable bonds is 2. The van der Waals surface area contributed by atoms with Crippen LogP contribution >= 0.6 is 0 Å². The van der Waals surface area contributed by atoms with Gasteiger partial charge in [0.15, 0.2) is 0 Å². The van der Waals surface area contributed by atoms with Gasteiger partial charge < -0.3 is 5.43 Å². The molecule has 0 aliphatic heterocycles. The molecule has 1 aliphatic carbocycles. The van der Waals surface area contributed by atoms with E-state index >= 15 is 0 Å². The summed E-state index contributed by atoms with van der Waals surface area (Å²) in [5, 5.41) is 0. The first-order valence-electron chi connectivity index (χ1n) is 5.46. The Labute approximate surface area is 86.3 Å². The molecular weight excluding hydrogens is 172 g/mol. The summed E-state index contributed by atoms with van der Waals surface area (Å²) in [6, 6.07) is 4.73. The number of nitrogens with zero attached hydrogens (tertiary/aromatic N) is 1. The van der Waals surface area contributed by atoms with E-state index in [1.54, 1.807) is 0 Å². The van der Waals surface area contributed by atoms with Gasteiger partial charge in [-0.05, 0) is 36.3 Å². The molecule has 2 nitrogen and oxygen atoms in total. The second kappa shape index (κ2) is 3.34. The summed E-state index contributed by atoms with van der Waals surface area (Å²) in [4.78, 5) is 0. The lowest BCUT2D eigenvalue weighted by atomic mass is 9.91. The summed E-state index contributed by atoms with van der Waals surface area (Å²) >= 11 is 0. The second-order valence-corrected chi connectivity index (χ2v) is 5.38. The van der Waals surface area contributed by atoms with E-state index in [1.165, 1.54) is 12.8 Å². The van der Waals surface area contributed by atoms with Gasteiger partial charge >= 0.3 is 0 Å². The quantitative estimate of drug-likeness (QED) is 0.762. The van der Waals surface area contributed by atoms with Crippen molar-refractivity contribution in [2.24, 2.45) is 11.3 Å². The SMILES string of the molecule is CC1CC(C)(C)CC1Nn1cccc1. The lowest BCUT2D eigenvalue weighted by molar-refractivity contribution is 0.365. The summed E-state index contributed by atoms with van der Waals surface area (Å²) in [5.41, 5.74) is 4.05. The predicted molar refractivity (Wildman–Crippen MR) is 59.8 cm³/mol. The molecule has 2 atom stereocenters. The minimum Gasteiger partial charge on any atom is -0.323 e. The van der Waals surface area contributed by atoms with Crippen LogP contribution in [0.15, 0.2) is 24.5 Å². The molecule has 2 unspecified atom stereocenters.